The van der Waals surface area contributed by atoms with Crippen LogP contribution in [0.1, 0.15) is 42.1 Å². The van der Waals surface area contributed by atoms with Crippen LogP contribution >= 0.6 is 11.6 Å². The van der Waals surface area contributed by atoms with Gasteiger partial charge in [-0.15, -0.1) is 11.6 Å². The lowest BCUT2D eigenvalue weighted by Gasteiger charge is -2.11. The second-order valence-electron chi connectivity index (χ2n) is 4.06. The molecule has 2 nitrogen and oxygen atoms in total. The average Bonchev–Trinajstić information content (AvgIpc) is 2.31. The molecule has 0 bridgehead atoms. The normalized spacial score (nSPS) is 10.3. The van der Waals surface area contributed by atoms with Gasteiger partial charge in [-0.25, -0.2) is 0 Å². The first kappa shape index (κ1) is 14.0. The van der Waals surface area contributed by atoms with Crippen molar-refractivity contribution in [1.29, 1.82) is 0 Å². The van der Waals surface area contributed by atoms with Crippen LogP contribution < -0.4 is 4.74 Å². The number of benzene rings is 1. The van der Waals surface area contributed by atoms with Crippen LogP contribution in [0, 0.1) is 6.92 Å². The van der Waals surface area contributed by atoms with Gasteiger partial charge in [0.25, 0.3) is 0 Å². The van der Waals surface area contributed by atoms with E-state index in [1.165, 1.54) is 0 Å². The summed E-state index contributed by atoms with van der Waals surface area (Å²) in [6.07, 6.45) is 2.43. The minimum Gasteiger partial charge on any atom is -0.493 e. The van der Waals surface area contributed by atoms with Crippen molar-refractivity contribution in [2.45, 2.75) is 33.1 Å². The van der Waals surface area contributed by atoms with Gasteiger partial charge >= 0.3 is 0 Å². The number of rotatable bonds is 7. The second kappa shape index (κ2) is 7.33. The molecule has 0 aliphatic rings. The van der Waals surface area contributed by atoms with Crippen LogP contribution in [0.5, 0.6) is 5.75 Å². The average molecular weight is 255 g/mol. The van der Waals surface area contributed by atoms with Crippen molar-refractivity contribution in [1.82, 2.24) is 0 Å². The minimum absolute atomic E-state index is 0.0511. The first-order valence-corrected chi connectivity index (χ1v) is 6.55. The number of ether oxygens (including phenoxy) is 1. The second-order valence-corrected chi connectivity index (χ2v) is 4.44. The van der Waals surface area contributed by atoms with E-state index in [1.807, 2.05) is 25.1 Å². The van der Waals surface area contributed by atoms with Crippen molar-refractivity contribution < 1.29 is 9.53 Å². The lowest BCUT2D eigenvalue weighted by atomic mass is 10.0. The molecule has 0 aromatic heterocycles. The van der Waals surface area contributed by atoms with Crippen LogP contribution in [-0.4, -0.2) is 18.3 Å². The topological polar surface area (TPSA) is 26.3 Å². The Labute approximate surface area is 108 Å². The van der Waals surface area contributed by atoms with Gasteiger partial charge in [-0.1, -0.05) is 25.0 Å². The number of carbonyl (C=O) groups excluding carboxylic acids is 1. The number of hydrogen-bond acceptors (Lipinski definition) is 2. The lowest BCUT2D eigenvalue weighted by Crippen LogP contribution is -2.06. The van der Waals surface area contributed by atoms with Gasteiger partial charge in [-0.05, 0) is 25.5 Å². The molecule has 17 heavy (non-hydrogen) atoms. The quantitative estimate of drug-likeness (QED) is 0.418. The van der Waals surface area contributed by atoms with Crippen LogP contribution in [0.15, 0.2) is 18.2 Å². The van der Waals surface area contributed by atoms with Gasteiger partial charge in [-0.2, -0.15) is 0 Å². The van der Waals surface area contributed by atoms with Gasteiger partial charge in [-0.3, -0.25) is 4.79 Å². The molecule has 0 aliphatic heterocycles. The third-order valence-corrected chi connectivity index (χ3v) is 2.70. The van der Waals surface area contributed by atoms with Crippen molar-refractivity contribution in [3.63, 3.8) is 0 Å². The third kappa shape index (κ3) is 4.39. The molecule has 1 aromatic rings. The molecule has 0 spiro atoms. The summed E-state index contributed by atoms with van der Waals surface area (Å²) in [4.78, 5) is 11.9. The zero-order valence-corrected chi connectivity index (χ0v) is 11.2. The van der Waals surface area contributed by atoms with E-state index in [-0.39, 0.29) is 5.78 Å². The van der Waals surface area contributed by atoms with Crippen molar-refractivity contribution in [2.75, 3.05) is 12.5 Å². The van der Waals surface area contributed by atoms with E-state index in [2.05, 4.69) is 6.92 Å². The summed E-state index contributed by atoms with van der Waals surface area (Å²) in [6, 6.07) is 5.70. The number of alkyl halides is 1. The molecule has 0 heterocycles. The molecule has 0 radical (unpaired) electrons. The predicted octanol–water partition coefficient (Wildman–Crippen LogP) is 3.99. The molecule has 0 unspecified atom stereocenters. The number of unbranched alkanes of at least 4 members (excludes halogenated alkanes) is 1. The summed E-state index contributed by atoms with van der Waals surface area (Å²) >= 11 is 5.60. The number of Topliss-reactive ketones (excluding diaryl/α,β-unsaturated/α-hetero) is 1. The van der Waals surface area contributed by atoms with Crippen LogP contribution in [-0.2, 0) is 0 Å². The van der Waals surface area contributed by atoms with Gasteiger partial charge in [0.1, 0.15) is 5.75 Å². The highest BCUT2D eigenvalue weighted by atomic mass is 35.5. The summed E-state index contributed by atoms with van der Waals surface area (Å²) in [7, 11) is 0. The Kier molecular flexibility index (Phi) is 6.06. The van der Waals surface area contributed by atoms with E-state index >= 15 is 0 Å². The Bertz CT molecular complexity index is 374. The number of aryl methyl sites for hydroxylation is 1. The van der Waals surface area contributed by atoms with Gasteiger partial charge < -0.3 is 4.74 Å². The highest BCUT2D eigenvalue weighted by Crippen LogP contribution is 2.22. The Morgan fingerprint density at radius 1 is 1.41 bits per heavy atom. The Hall–Kier alpha value is -1.02. The zero-order valence-electron chi connectivity index (χ0n) is 10.5. The van der Waals surface area contributed by atoms with Gasteiger partial charge in [0, 0.05) is 12.3 Å². The van der Waals surface area contributed by atoms with Gasteiger partial charge in [0.15, 0.2) is 5.78 Å². The number of hydrogen-bond donors (Lipinski definition) is 0. The van der Waals surface area contributed by atoms with Gasteiger partial charge in [0.2, 0.25) is 0 Å². The fourth-order valence-electron chi connectivity index (χ4n) is 1.53. The van der Waals surface area contributed by atoms with Crippen molar-refractivity contribution in [3.8, 4) is 5.75 Å². The van der Waals surface area contributed by atoms with E-state index in [0.29, 0.717) is 30.2 Å². The third-order valence-electron chi connectivity index (χ3n) is 2.51. The first-order chi connectivity index (χ1) is 8.19. The van der Waals surface area contributed by atoms with Crippen LogP contribution in [0.3, 0.4) is 0 Å². The molecule has 94 valence electrons. The predicted molar refractivity (Wildman–Crippen MR) is 71.2 cm³/mol. The molecule has 0 N–H and O–H groups in total. The lowest BCUT2D eigenvalue weighted by molar-refractivity contribution is 0.0985. The fourth-order valence-corrected chi connectivity index (χ4v) is 1.71. The van der Waals surface area contributed by atoms with Crippen LogP contribution in [0.4, 0.5) is 0 Å². The Morgan fingerprint density at radius 3 is 2.82 bits per heavy atom. The van der Waals surface area contributed by atoms with Gasteiger partial charge in [0.05, 0.1) is 12.2 Å². The smallest absolute Gasteiger partial charge is 0.167 e. The Morgan fingerprint density at radius 2 is 2.18 bits per heavy atom. The van der Waals surface area contributed by atoms with Crippen LogP contribution in [0.2, 0.25) is 0 Å². The monoisotopic (exact) mass is 254 g/mol. The number of halogens is 1. The highest BCUT2D eigenvalue weighted by molar-refractivity contribution is 6.19. The fraction of sp³-hybridized carbons (Fsp3) is 0.500. The molecule has 0 amide bonds. The Balaban J connectivity index is 2.83. The van der Waals surface area contributed by atoms with E-state index in [4.69, 9.17) is 16.3 Å². The summed E-state index contributed by atoms with van der Waals surface area (Å²) in [5.41, 5.74) is 1.72. The molecule has 0 saturated carbocycles. The molecule has 0 aliphatic carbocycles. The maximum Gasteiger partial charge on any atom is 0.167 e. The van der Waals surface area contributed by atoms with Crippen molar-refractivity contribution in [2.24, 2.45) is 0 Å². The highest BCUT2D eigenvalue weighted by Gasteiger charge is 2.12. The van der Waals surface area contributed by atoms with Crippen molar-refractivity contribution in [3.05, 3.63) is 29.3 Å². The maximum atomic E-state index is 11.9. The first-order valence-electron chi connectivity index (χ1n) is 6.01. The number of carbonyl (C=O) groups is 1. The maximum absolute atomic E-state index is 11.9. The minimum atomic E-state index is 0.0511. The molecule has 0 fully saturated rings. The van der Waals surface area contributed by atoms with E-state index in [1.54, 1.807) is 0 Å². The molecule has 0 saturated heterocycles. The van der Waals surface area contributed by atoms with Crippen LogP contribution in [0.25, 0.3) is 0 Å². The summed E-state index contributed by atoms with van der Waals surface area (Å²) in [5, 5.41) is 0. The summed E-state index contributed by atoms with van der Waals surface area (Å²) < 4.78 is 5.64. The van der Waals surface area contributed by atoms with E-state index in [9.17, 15) is 4.79 Å². The molecule has 1 rings (SSSR count). The molecular weight excluding hydrogens is 236 g/mol. The molecular formula is C14H19ClO2. The zero-order chi connectivity index (χ0) is 12.7. The van der Waals surface area contributed by atoms with E-state index in [0.717, 1.165) is 18.4 Å². The van der Waals surface area contributed by atoms with E-state index < -0.39 is 0 Å². The summed E-state index contributed by atoms with van der Waals surface area (Å²) in [5.74, 6) is 1.08. The summed E-state index contributed by atoms with van der Waals surface area (Å²) in [6.45, 7) is 4.73. The largest absolute Gasteiger partial charge is 0.493 e. The van der Waals surface area contributed by atoms with Crippen molar-refractivity contribution >= 4 is 17.4 Å². The standard InChI is InChI=1S/C14H19ClO2/c1-3-4-9-17-14-6-5-11(2)10-12(14)13(16)7-8-15/h5-6,10H,3-4,7-9H2,1-2H3. The molecule has 3 heteroatoms. The SMILES string of the molecule is CCCCOc1ccc(C)cc1C(=O)CCCl. The number of ketones is 1. The molecule has 1 aromatic carbocycles. The molecule has 0 atom stereocenters.